The third-order valence-electron chi connectivity index (χ3n) is 3.00. The fraction of sp³-hybridized carbons (Fsp3) is 0.700. The molecule has 1 amide bonds. The fourth-order valence-corrected chi connectivity index (χ4v) is 1.94. The summed E-state index contributed by atoms with van der Waals surface area (Å²) in [7, 11) is 0. The number of rotatable bonds is 5. The first-order chi connectivity index (χ1) is 9.43. The maximum atomic E-state index is 10.7. The van der Waals surface area contributed by atoms with E-state index in [1.807, 2.05) is 0 Å². The highest BCUT2D eigenvalue weighted by molar-refractivity contribution is 5.74. The van der Waals surface area contributed by atoms with Gasteiger partial charge < -0.3 is 30.9 Å². The Kier molecular flexibility index (Phi) is 4.30. The molecule has 0 saturated carbocycles. The van der Waals surface area contributed by atoms with E-state index in [-0.39, 0.29) is 12.2 Å². The van der Waals surface area contributed by atoms with Crippen LogP contribution in [0.1, 0.15) is 24.6 Å². The molecule has 0 spiro atoms. The number of carbonyl (C=O) groups excluding carboxylic acids is 1. The van der Waals surface area contributed by atoms with Crippen molar-refractivity contribution in [2.45, 2.75) is 37.1 Å². The molecule has 1 saturated heterocycles. The van der Waals surface area contributed by atoms with Gasteiger partial charge in [0, 0.05) is 0 Å². The molecule has 5 atom stereocenters. The smallest absolute Gasteiger partial charge is 0.220 e. The quantitative estimate of drug-likeness (QED) is 0.378. The molecule has 10 heteroatoms. The third kappa shape index (κ3) is 2.78. The minimum absolute atomic E-state index is 0.0541. The molecule has 0 aliphatic carbocycles. The predicted molar refractivity (Wildman–Crippen MR) is 61.8 cm³/mol. The molecule has 1 aliphatic rings. The van der Waals surface area contributed by atoms with Crippen molar-refractivity contribution in [1.82, 2.24) is 14.8 Å². The van der Waals surface area contributed by atoms with Crippen molar-refractivity contribution in [3.63, 3.8) is 0 Å². The van der Waals surface area contributed by atoms with Gasteiger partial charge in [0.2, 0.25) is 5.91 Å². The highest BCUT2D eigenvalue weighted by Gasteiger charge is 2.44. The molecule has 1 aromatic rings. The summed E-state index contributed by atoms with van der Waals surface area (Å²) in [4.78, 5) is 14.5. The first-order valence-corrected chi connectivity index (χ1v) is 5.94. The van der Waals surface area contributed by atoms with Crippen molar-refractivity contribution in [1.29, 1.82) is 0 Å². The van der Waals surface area contributed by atoms with E-state index in [0.717, 1.165) is 4.68 Å². The number of aromatic nitrogens is 3. The second-order valence-electron chi connectivity index (χ2n) is 4.50. The number of nitrogens with two attached hydrogens (primary N) is 1. The number of primary amides is 1. The van der Waals surface area contributed by atoms with E-state index in [4.69, 9.17) is 15.6 Å². The van der Waals surface area contributed by atoms with Crippen molar-refractivity contribution in [3.05, 3.63) is 12.2 Å². The van der Waals surface area contributed by atoms with Crippen LogP contribution in [0.3, 0.4) is 0 Å². The highest BCUT2D eigenvalue weighted by atomic mass is 16.6. The molecule has 112 valence electrons. The van der Waals surface area contributed by atoms with Crippen molar-refractivity contribution >= 4 is 5.91 Å². The van der Waals surface area contributed by atoms with Gasteiger partial charge in [0.05, 0.1) is 13.0 Å². The zero-order valence-electron chi connectivity index (χ0n) is 10.4. The first-order valence-electron chi connectivity index (χ1n) is 5.94. The average molecular weight is 288 g/mol. The van der Waals surface area contributed by atoms with E-state index >= 15 is 0 Å². The molecule has 2 heterocycles. The lowest BCUT2D eigenvalue weighted by Gasteiger charge is -2.14. The molecule has 2 rings (SSSR count). The van der Waals surface area contributed by atoms with E-state index in [1.165, 1.54) is 6.33 Å². The number of hydrogen-bond donors (Lipinski definition) is 5. The van der Waals surface area contributed by atoms with E-state index < -0.39 is 43.2 Å². The van der Waals surface area contributed by atoms with Crippen molar-refractivity contribution in [2.24, 2.45) is 5.73 Å². The van der Waals surface area contributed by atoms with Gasteiger partial charge in [-0.05, 0) is 0 Å². The first kappa shape index (κ1) is 14.8. The number of amides is 1. The lowest BCUT2D eigenvalue weighted by Crippen LogP contribution is -2.33. The van der Waals surface area contributed by atoms with Crippen LogP contribution < -0.4 is 5.73 Å². The van der Waals surface area contributed by atoms with Gasteiger partial charge in [-0.2, -0.15) is 5.10 Å². The molecule has 1 aromatic heterocycles. The fourth-order valence-electron chi connectivity index (χ4n) is 1.94. The molecule has 0 bridgehead atoms. The molecule has 1 aliphatic heterocycles. The van der Waals surface area contributed by atoms with Crippen LogP contribution >= 0.6 is 0 Å². The minimum atomic E-state index is -1.30. The Morgan fingerprint density at radius 1 is 1.50 bits per heavy atom. The second-order valence-corrected chi connectivity index (χ2v) is 4.50. The Balaban J connectivity index is 2.11. The van der Waals surface area contributed by atoms with Crippen LogP contribution in [0.2, 0.25) is 0 Å². The maximum absolute atomic E-state index is 10.7. The van der Waals surface area contributed by atoms with Crippen LogP contribution in [0.15, 0.2) is 6.33 Å². The zero-order chi connectivity index (χ0) is 14.9. The number of aliphatic hydroxyl groups excluding tert-OH is 4. The van der Waals surface area contributed by atoms with Gasteiger partial charge in [0.1, 0.15) is 30.7 Å². The van der Waals surface area contributed by atoms with Crippen molar-refractivity contribution in [2.75, 3.05) is 6.61 Å². The molecular weight excluding hydrogens is 272 g/mol. The molecule has 1 unspecified atom stereocenters. The number of carbonyl (C=O) groups is 1. The van der Waals surface area contributed by atoms with Crippen LogP contribution in [-0.4, -0.2) is 66.0 Å². The van der Waals surface area contributed by atoms with Gasteiger partial charge in [-0.1, -0.05) is 0 Å². The van der Waals surface area contributed by atoms with E-state index in [2.05, 4.69) is 10.1 Å². The van der Waals surface area contributed by atoms with E-state index in [0.29, 0.717) is 0 Å². The zero-order valence-corrected chi connectivity index (χ0v) is 10.4. The Bertz CT molecular complexity index is 480. The topological polar surface area (TPSA) is 164 Å². The van der Waals surface area contributed by atoms with E-state index in [1.54, 1.807) is 0 Å². The summed E-state index contributed by atoms with van der Waals surface area (Å²) in [5, 5.41) is 41.9. The van der Waals surface area contributed by atoms with Gasteiger partial charge in [-0.25, -0.2) is 9.67 Å². The summed E-state index contributed by atoms with van der Waals surface area (Å²) in [6, 6.07) is 0. The largest absolute Gasteiger partial charge is 0.394 e. The van der Waals surface area contributed by atoms with Crippen LogP contribution in [0.25, 0.3) is 0 Å². The molecule has 1 fully saturated rings. The molecule has 10 nitrogen and oxygen atoms in total. The van der Waals surface area contributed by atoms with Crippen LogP contribution in [-0.2, 0) is 9.53 Å². The van der Waals surface area contributed by atoms with Gasteiger partial charge in [0.15, 0.2) is 12.1 Å². The number of aliphatic hydroxyl groups is 4. The van der Waals surface area contributed by atoms with Gasteiger partial charge in [0.25, 0.3) is 0 Å². The number of ether oxygens (including phenoxy) is 1. The Hall–Kier alpha value is -1.59. The Morgan fingerprint density at radius 3 is 2.75 bits per heavy atom. The second kappa shape index (κ2) is 5.81. The maximum Gasteiger partial charge on any atom is 0.220 e. The van der Waals surface area contributed by atoms with Gasteiger partial charge >= 0.3 is 0 Å². The van der Waals surface area contributed by atoms with Gasteiger partial charge in [-0.15, -0.1) is 0 Å². The van der Waals surface area contributed by atoms with Crippen LogP contribution in [0.4, 0.5) is 0 Å². The summed E-state index contributed by atoms with van der Waals surface area (Å²) in [5.41, 5.74) is 4.95. The molecule has 0 aromatic carbocycles. The van der Waals surface area contributed by atoms with Crippen molar-refractivity contribution in [3.8, 4) is 0 Å². The standard InChI is InChI=1S/C10H16N4O6/c11-6(17)1-4(16)9-12-3-14(13-9)10-8(19)7(18)5(2-15)20-10/h3-5,7-8,10,15-16,18-19H,1-2H2,(H2,11,17)/t4?,5-,7+,8+,10-/m1/s1. The Labute approximate surface area is 113 Å². The van der Waals surface area contributed by atoms with Gasteiger partial charge in [-0.3, -0.25) is 4.79 Å². The van der Waals surface area contributed by atoms with Crippen LogP contribution in [0, 0.1) is 0 Å². The lowest BCUT2D eigenvalue weighted by atomic mass is 10.1. The summed E-state index contributed by atoms with van der Waals surface area (Å²) in [6.07, 6.45) is -4.93. The predicted octanol–water partition coefficient (Wildman–Crippen LogP) is -3.20. The lowest BCUT2D eigenvalue weighted by molar-refractivity contribution is -0.120. The number of hydrogen-bond acceptors (Lipinski definition) is 8. The summed E-state index contributed by atoms with van der Waals surface area (Å²) in [6.45, 7) is -0.458. The number of nitrogens with zero attached hydrogens (tertiary/aromatic N) is 3. The Morgan fingerprint density at radius 2 is 2.20 bits per heavy atom. The van der Waals surface area contributed by atoms with Crippen LogP contribution in [0.5, 0.6) is 0 Å². The molecule has 6 N–H and O–H groups in total. The summed E-state index contributed by atoms with van der Waals surface area (Å²) in [5.74, 6) is -0.761. The molecule has 20 heavy (non-hydrogen) atoms. The molecule has 0 radical (unpaired) electrons. The SMILES string of the molecule is NC(=O)CC(O)c1ncn([C@@H]2O[C@H](CO)[C@H](O)[C@@H]2O)n1. The monoisotopic (exact) mass is 288 g/mol. The summed E-state index contributed by atoms with van der Waals surface area (Å²) >= 11 is 0. The average Bonchev–Trinajstić information content (AvgIpc) is 2.96. The summed E-state index contributed by atoms with van der Waals surface area (Å²) < 4.78 is 6.33. The van der Waals surface area contributed by atoms with E-state index in [9.17, 15) is 20.1 Å². The molecular formula is C10H16N4O6. The normalized spacial score (nSPS) is 31.4. The minimum Gasteiger partial charge on any atom is -0.394 e. The highest BCUT2D eigenvalue weighted by Crippen LogP contribution is 2.28. The van der Waals surface area contributed by atoms with Crippen molar-refractivity contribution < 1.29 is 30.0 Å². The third-order valence-corrected chi connectivity index (χ3v) is 3.00.